The molecule has 2 aromatic carbocycles. The third-order valence-electron chi connectivity index (χ3n) is 8.02. The Morgan fingerprint density at radius 3 is 2.63 bits per heavy atom. The van der Waals surface area contributed by atoms with Crippen molar-refractivity contribution in [1.82, 2.24) is 4.31 Å². The minimum absolute atomic E-state index is 0.0864. The molecule has 0 N–H and O–H groups in total. The summed E-state index contributed by atoms with van der Waals surface area (Å²) in [5.41, 5.74) is 0.0679. The summed E-state index contributed by atoms with van der Waals surface area (Å²) >= 11 is 0. The van der Waals surface area contributed by atoms with Gasteiger partial charge in [0, 0.05) is 12.8 Å². The molecule has 6 heteroatoms. The van der Waals surface area contributed by atoms with Gasteiger partial charge in [0.25, 0.3) is 0 Å². The van der Waals surface area contributed by atoms with Crippen molar-refractivity contribution in [2.24, 2.45) is 21.7 Å². The molecule has 1 aliphatic heterocycles. The number of Topliss-reactive ketones (excluding diaryl/α,β-unsaturated/α-hetero) is 1. The summed E-state index contributed by atoms with van der Waals surface area (Å²) < 4.78 is 28.6. The lowest BCUT2D eigenvalue weighted by Gasteiger charge is -2.37. The quantitative estimate of drug-likeness (QED) is 0.733. The fraction of sp³-hybridized carbons (Fsp3) is 0.500. The SMILES string of the molecule is CC1(C)[C@@H]2CC[C@]1(CS(=O)(=O)N1CCN=C1Cc1cccc3ccccc13)C(=O)C2. The van der Waals surface area contributed by atoms with E-state index in [9.17, 15) is 13.2 Å². The van der Waals surface area contributed by atoms with Gasteiger partial charge in [0.1, 0.15) is 11.6 Å². The molecule has 2 bridgehead atoms. The standard InChI is InChI=1S/C24H28N2O3S/c1-23(2)19-10-11-24(23,21(27)15-19)16-30(28,29)26-13-12-25-22(26)14-18-8-5-7-17-6-3-4-9-20(17)18/h3-9,19H,10-16H2,1-2H3/t19-,24+/m1/s1. The van der Waals surface area contributed by atoms with Crippen LogP contribution in [-0.4, -0.2) is 43.2 Å². The van der Waals surface area contributed by atoms with E-state index in [1.165, 1.54) is 4.31 Å². The number of benzene rings is 2. The summed E-state index contributed by atoms with van der Waals surface area (Å²) in [6.07, 6.45) is 2.64. The van der Waals surface area contributed by atoms with Crippen molar-refractivity contribution in [1.29, 1.82) is 0 Å². The lowest BCUT2D eigenvalue weighted by atomic mass is 9.70. The number of amidine groups is 1. The molecule has 2 atom stereocenters. The Labute approximate surface area is 178 Å². The molecule has 2 saturated carbocycles. The van der Waals surface area contributed by atoms with E-state index in [1.807, 2.05) is 24.3 Å². The summed E-state index contributed by atoms with van der Waals surface area (Å²) in [4.78, 5) is 17.4. The van der Waals surface area contributed by atoms with Crippen LogP contribution in [0.2, 0.25) is 0 Å². The van der Waals surface area contributed by atoms with Crippen LogP contribution in [-0.2, 0) is 21.2 Å². The topological polar surface area (TPSA) is 66.8 Å². The van der Waals surface area contributed by atoms with Gasteiger partial charge in [-0.05, 0) is 40.5 Å². The van der Waals surface area contributed by atoms with Gasteiger partial charge < -0.3 is 0 Å². The summed E-state index contributed by atoms with van der Waals surface area (Å²) in [7, 11) is -3.63. The molecule has 5 rings (SSSR count). The second-order valence-corrected chi connectivity index (χ2v) is 11.5. The molecule has 3 aliphatic rings. The van der Waals surface area contributed by atoms with Crippen LogP contribution in [0.15, 0.2) is 47.5 Å². The van der Waals surface area contributed by atoms with E-state index in [4.69, 9.17) is 0 Å². The number of nitrogens with zero attached hydrogens (tertiary/aromatic N) is 2. The highest BCUT2D eigenvalue weighted by Gasteiger charge is 2.65. The number of ketones is 1. The molecule has 0 unspecified atom stereocenters. The van der Waals surface area contributed by atoms with Gasteiger partial charge >= 0.3 is 0 Å². The van der Waals surface area contributed by atoms with E-state index in [0.29, 0.717) is 44.1 Å². The number of sulfonamides is 1. The molecule has 2 aliphatic carbocycles. The van der Waals surface area contributed by atoms with Gasteiger partial charge in [0.15, 0.2) is 0 Å². The Balaban J connectivity index is 1.44. The van der Waals surface area contributed by atoms with Crippen molar-refractivity contribution >= 4 is 32.4 Å². The first-order valence-corrected chi connectivity index (χ1v) is 12.4. The van der Waals surface area contributed by atoms with Crippen LogP contribution in [0.5, 0.6) is 0 Å². The maximum absolute atomic E-state index is 13.6. The lowest BCUT2D eigenvalue weighted by molar-refractivity contribution is -0.128. The zero-order chi connectivity index (χ0) is 21.1. The minimum Gasteiger partial charge on any atom is -0.299 e. The van der Waals surface area contributed by atoms with Crippen molar-refractivity contribution in [3.8, 4) is 0 Å². The maximum Gasteiger partial charge on any atom is 0.237 e. The van der Waals surface area contributed by atoms with E-state index < -0.39 is 15.4 Å². The average molecular weight is 425 g/mol. The van der Waals surface area contributed by atoms with Gasteiger partial charge in [-0.1, -0.05) is 56.3 Å². The highest BCUT2D eigenvalue weighted by Crippen LogP contribution is 2.64. The predicted octanol–water partition coefficient (Wildman–Crippen LogP) is 3.82. The van der Waals surface area contributed by atoms with Crippen molar-refractivity contribution in [3.63, 3.8) is 0 Å². The molecule has 0 amide bonds. The van der Waals surface area contributed by atoms with Gasteiger partial charge in [-0.3, -0.25) is 14.1 Å². The zero-order valence-electron chi connectivity index (χ0n) is 17.6. The molecule has 30 heavy (non-hydrogen) atoms. The lowest BCUT2D eigenvalue weighted by Crippen LogP contribution is -2.47. The molecular weight excluding hydrogens is 396 g/mol. The van der Waals surface area contributed by atoms with E-state index >= 15 is 0 Å². The molecular formula is C24H28N2O3S. The molecule has 158 valence electrons. The van der Waals surface area contributed by atoms with Crippen LogP contribution in [0.1, 0.15) is 38.7 Å². The normalized spacial score (nSPS) is 27.8. The number of carbonyl (C=O) groups excluding carboxylic acids is 1. The minimum atomic E-state index is -3.63. The van der Waals surface area contributed by atoms with Crippen LogP contribution in [0.4, 0.5) is 0 Å². The zero-order valence-corrected chi connectivity index (χ0v) is 18.4. The summed E-state index contributed by atoms with van der Waals surface area (Å²) in [6, 6.07) is 14.2. The Bertz CT molecular complexity index is 1160. The second-order valence-electron chi connectivity index (χ2n) is 9.61. The monoisotopic (exact) mass is 424 g/mol. The molecule has 0 saturated heterocycles. The number of hydrogen-bond acceptors (Lipinski definition) is 4. The second kappa shape index (κ2) is 6.64. The van der Waals surface area contributed by atoms with Gasteiger partial charge in [-0.2, -0.15) is 0 Å². The highest BCUT2D eigenvalue weighted by molar-refractivity contribution is 7.89. The van der Waals surface area contributed by atoms with Crippen LogP contribution < -0.4 is 0 Å². The Kier molecular flexibility index (Phi) is 4.37. The van der Waals surface area contributed by atoms with Crippen LogP contribution in [0, 0.1) is 16.7 Å². The first-order valence-electron chi connectivity index (χ1n) is 10.8. The van der Waals surface area contributed by atoms with Gasteiger partial charge in [0.05, 0.1) is 24.3 Å². The maximum atomic E-state index is 13.6. The van der Waals surface area contributed by atoms with E-state index in [0.717, 1.165) is 22.8 Å². The van der Waals surface area contributed by atoms with Crippen molar-refractivity contribution in [3.05, 3.63) is 48.0 Å². The third-order valence-corrected chi connectivity index (χ3v) is 9.94. The Morgan fingerprint density at radius 1 is 1.13 bits per heavy atom. The third kappa shape index (κ3) is 2.76. The molecule has 0 radical (unpaired) electrons. The Hall–Kier alpha value is -2.21. The van der Waals surface area contributed by atoms with Gasteiger partial charge in [-0.25, -0.2) is 8.42 Å². The molecule has 2 aromatic rings. The molecule has 1 heterocycles. The highest BCUT2D eigenvalue weighted by atomic mass is 32.2. The average Bonchev–Trinajstić information content (AvgIpc) is 3.32. The number of aliphatic imine (C=N–C) groups is 1. The summed E-state index contributed by atoms with van der Waals surface area (Å²) in [5.74, 6) is 0.957. The van der Waals surface area contributed by atoms with E-state index in [2.05, 4.69) is 37.0 Å². The number of rotatable bonds is 5. The molecule has 0 spiro atoms. The predicted molar refractivity (Wildman–Crippen MR) is 119 cm³/mol. The first kappa shape index (κ1) is 19.7. The van der Waals surface area contributed by atoms with Gasteiger partial charge in [0.2, 0.25) is 10.0 Å². The number of carbonyl (C=O) groups is 1. The van der Waals surface area contributed by atoms with Gasteiger partial charge in [-0.15, -0.1) is 0 Å². The van der Waals surface area contributed by atoms with Crippen molar-refractivity contribution in [2.75, 3.05) is 18.8 Å². The molecule has 0 aromatic heterocycles. The number of hydrogen-bond donors (Lipinski definition) is 0. The van der Waals surface area contributed by atoms with Crippen LogP contribution in [0.25, 0.3) is 10.8 Å². The van der Waals surface area contributed by atoms with E-state index in [-0.39, 0.29) is 17.0 Å². The Morgan fingerprint density at radius 2 is 1.90 bits per heavy atom. The van der Waals surface area contributed by atoms with Crippen molar-refractivity contribution < 1.29 is 13.2 Å². The first-order chi connectivity index (χ1) is 14.2. The fourth-order valence-corrected chi connectivity index (χ4v) is 8.30. The summed E-state index contributed by atoms with van der Waals surface area (Å²) in [5, 5.41) is 2.26. The van der Waals surface area contributed by atoms with Crippen molar-refractivity contribution in [2.45, 2.75) is 39.5 Å². The largest absolute Gasteiger partial charge is 0.299 e. The van der Waals surface area contributed by atoms with E-state index in [1.54, 1.807) is 0 Å². The smallest absolute Gasteiger partial charge is 0.237 e. The van der Waals surface area contributed by atoms with Crippen LogP contribution >= 0.6 is 0 Å². The van der Waals surface area contributed by atoms with Crippen LogP contribution in [0.3, 0.4) is 0 Å². The number of fused-ring (bicyclic) bond motifs is 3. The molecule has 2 fully saturated rings. The molecule has 5 nitrogen and oxygen atoms in total. The summed E-state index contributed by atoms with van der Waals surface area (Å²) in [6.45, 7) is 5.02. The fourth-order valence-electron chi connectivity index (χ4n) is 6.04.